The summed E-state index contributed by atoms with van der Waals surface area (Å²) >= 11 is 0. The Morgan fingerprint density at radius 3 is 1.71 bits per heavy atom. The molecule has 0 unspecified atom stereocenters. The molecule has 7 nitrogen and oxygen atoms in total. The van der Waals surface area contributed by atoms with Crippen molar-refractivity contribution in [1.29, 1.82) is 0 Å². The molecule has 0 aliphatic rings. The van der Waals surface area contributed by atoms with Crippen molar-refractivity contribution in [2.45, 2.75) is 96.8 Å². The van der Waals surface area contributed by atoms with Gasteiger partial charge in [0.25, 0.3) is 0 Å². The normalized spacial score (nSPS) is 11.9. The van der Waals surface area contributed by atoms with Crippen LogP contribution in [0.15, 0.2) is 72.8 Å². The molecule has 3 aromatic carbocycles. The maximum atomic E-state index is 13.3. The van der Waals surface area contributed by atoms with Gasteiger partial charge in [-0.3, -0.25) is 4.79 Å². The quantitative estimate of drug-likeness (QED) is 0.0672. The second-order valence-corrected chi connectivity index (χ2v) is 11.5. The Kier molecular flexibility index (Phi) is 16.1. The number of unbranched alkanes of at least 4 members (excludes halogenated alkanes) is 7. The molecule has 0 saturated carbocycles. The van der Waals surface area contributed by atoms with E-state index in [1.165, 1.54) is 56.4 Å². The number of benzene rings is 3. The maximum Gasteiger partial charge on any atom is 0.425 e. The van der Waals surface area contributed by atoms with E-state index < -0.39 is 30.6 Å². The van der Waals surface area contributed by atoms with Crippen molar-refractivity contribution in [3.63, 3.8) is 0 Å². The van der Waals surface area contributed by atoms with Crippen molar-refractivity contribution >= 4 is 17.9 Å². The van der Waals surface area contributed by atoms with Gasteiger partial charge in [0, 0.05) is 19.6 Å². The monoisotopic (exact) mass is 670 g/mol. The van der Waals surface area contributed by atoms with Gasteiger partial charge in [-0.1, -0.05) is 76.1 Å². The maximum absolute atomic E-state index is 13.3. The van der Waals surface area contributed by atoms with E-state index in [9.17, 15) is 27.6 Å². The number of ether oxygens (including phenoxy) is 4. The highest BCUT2D eigenvalue weighted by molar-refractivity contribution is 5.92. The summed E-state index contributed by atoms with van der Waals surface area (Å²) in [5, 5.41) is 0. The Bertz CT molecular complexity index is 1400. The standard InChI is InChI=1S/C38H45F3O7/c1-3-5-6-7-8-9-10-11-14-35(42)46-32-23-19-29(20-24-32)28-15-17-30(18-16-28)36(43)47-33-25-21-31(22-26-33)37(44)48-34(38(39,40)41)13-12-27-45-4-2/h15-26,34H,3-14,27H2,1-2H3/t34-/m1/s1. The molecule has 1 atom stereocenters. The van der Waals surface area contributed by atoms with Gasteiger partial charge in [-0.25, -0.2) is 9.59 Å². The molecule has 0 amide bonds. The summed E-state index contributed by atoms with van der Waals surface area (Å²) in [6.45, 7) is 4.45. The van der Waals surface area contributed by atoms with Gasteiger partial charge in [-0.15, -0.1) is 0 Å². The van der Waals surface area contributed by atoms with E-state index in [0.717, 1.165) is 30.4 Å². The van der Waals surface area contributed by atoms with Crippen molar-refractivity contribution < 1.29 is 46.5 Å². The molecule has 0 radical (unpaired) electrons. The minimum atomic E-state index is -4.71. The third-order valence-corrected chi connectivity index (χ3v) is 7.65. The summed E-state index contributed by atoms with van der Waals surface area (Å²) in [4.78, 5) is 37.3. The number of rotatable bonds is 20. The van der Waals surface area contributed by atoms with Crippen LogP contribution in [0, 0.1) is 0 Å². The fourth-order valence-electron chi connectivity index (χ4n) is 4.93. The predicted molar refractivity (Wildman–Crippen MR) is 177 cm³/mol. The van der Waals surface area contributed by atoms with Crippen LogP contribution < -0.4 is 9.47 Å². The molecule has 10 heteroatoms. The molecule has 3 aromatic rings. The topological polar surface area (TPSA) is 88.1 Å². The fourth-order valence-corrected chi connectivity index (χ4v) is 4.93. The lowest BCUT2D eigenvalue weighted by atomic mass is 10.0. The van der Waals surface area contributed by atoms with E-state index in [1.54, 1.807) is 43.3 Å². The number of hydrogen-bond acceptors (Lipinski definition) is 7. The molecule has 0 N–H and O–H groups in total. The first-order chi connectivity index (χ1) is 23.1. The third kappa shape index (κ3) is 13.5. The smallest absolute Gasteiger partial charge is 0.425 e. The highest BCUT2D eigenvalue weighted by Crippen LogP contribution is 2.28. The van der Waals surface area contributed by atoms with Gasteiger partial charge in [-0.2, -0.15) is 13.2 Å². The van der Waals surface area contributed by atoms with Gasteiger partial charge in [0.2, 0.25) is 0 Å². The lowest BCUT2D eigenvalue weighted by Gasteiger charge is -2.20. The van der Waals surface area contributed by atoms with E-state index in [4.69, 9.17) is 18.9 Å². The highest BCUT2D eigenvalue weighted by Gasteiger charge is 2.42. The largest absolute Gasteiger partial charge is 0.449 e. The molecule has 0 spiro atoms. The first-order valence-corrected chi connectivity index (χ1v) is 16.7. The van der Waals surface area contributed by atoms with E-state index in [1.807, 2.05) is 12.1 Å². The summed E-state index contributed by atoms with van der Waals surface area (Å²) in [5.74, 6) is -1.45. The lowest BCUT2D eigenvalue weighted by molar-refractivity contribution is -0.206. The number of halogens is 3. The number of hydrogen-bond donors (Lipinski definition) is 0. The van der Waals surface area contributed by atoms with Crippen LogP contribution in [-0.4, -0.2) is 43.4 Å². The Labute approximate surface area is 280 Å². The van der Waals surface area contributed by atoms with Crippen LogP contribution in [0.4, 0.5) is 13.2 Å². The SMILES string of the molecule is CCCCCCCCCCC(=O)Oc1ccc(-c2ccc(C(=O)Oc3ccc(C(=O)O[C@H](CCCOCC)C(F)(F)F)cc3)cc2)cc1. The van der Waals surface area contributed by atoms with E-state index >= 15 is 0 Å². The molecular weight excluding hydrogens is 625 g/mol. The van der Waals surface area contributed by atoms with Gasteiger partial charge in [0.15, 0.2) is 6.10 Å². The summed E-state index contributed by atoms with van der Waals surface area (Å²) in [6.07, 6.45) is 2.35. The van der Waals surface area contributed by atoms with Gasteiger partial charge in [0.1, 0.15) is 11.5 Å². The Morgan fingerprint density at radius 1 is 0.625 bits per heavy atom. The molecule has 0 aliphatic heterocycles. The van der Waals surface area contributed by atoms with Crippen LogP contribution in [0.25, 0.3) is 11.1 Å². The molecule has 0 fully saturated rings. The first kappa shape index (κ1) is 38.3. The zero-order chi connectivity index (χ0) is 34.8. The molecule has 48 heavy (non-hydrogen) atoms. The molecule has 0 saturated heterocycles. The van der Waals surface area contributed by atoms with Crippen molar-refractivity contribution in [2.24, 2.45) is 0 Å². The Hall–Kier alpha value is -4.18. The fraction of sp³-hybridized carbons (Fsp3) is 0.447. The number of carbonyl (C=O) groups excluding carboxylic acids is 3. The van der Waals surface area contributed by atoms with E-state index in [-0.39, 0.29) is 35.9 Å². The van der Waals surface area contributed by atoms with Crippen LogP contribution in [0.3, 0.4) is 0 Å². The minimum absolute atomic E-state index is 0.0873. The zero-order valence-electron chi connectivity index (χ0n) is 27.7. The summed E-state index contributed by atoms with van der Waals surface area (Å²) in [6, 6.07) is 18.9. The van der Waals surface area contributed by atoms with Gasteiger partial charge < -0.3 is 18.9 Å². The number of carbonyl (C=O) groups is 3. The molecule has 3 rings (SSSR count). The zero-order valence-corrected chi connectivity index (χ0v) is 27.7. The average molecular weight is 671 g/mol. The van der Waals surface area contributed by atoms with Crippen LogP contribution in [-0.2, 0) is 14.3 Å². The lowest BCUT2D eigenvalue weighted by Crippen LogP contribution is -2.34. The Balaban J connectivity index is 1.46. The minimum Gasteiger partial charge on any atom is -0.449 e. The van der Waals surface area contributed by atoms with Crippen molar-refractivity contribution in [3.05, 3.63) is 83.9 Å². The summed E-state index contributed by atoms with van der Waals surface area (Å²) < 4.78 is 60.7. The van der Waals surface area contributed by atoms with Crippen molar-refractivity contribution in [3.8, 4) is 22.6 Å². The van der Waals surface area contributed by atoms with E-state index in [2.05, 4.69) is 6.92 Å². The summed E-state index contributed by atoms with van der Waals surface area (Å²) in [7, 11) is 0. The number of alkyl halides is 3. The van der Waals surface area contributed by atoms with Crippen LogP contribution in [0.2, 0.25) is 0 Å². The molecule has 0 heterocycles. The van der Waals surface area contributed by atoms with Crippen LogP contribution in [0.5, 0.6) is 11.5 Å². The van der Waals surface area contributed by atoms with Gasteiger partial charge >= 0.3 is 24.1 Å². The predicted octanol–water partition coefficient (Wildman–Crippen LogP) is 9.91. The Morgan fingerprint density at radius 2 is 1.12 bits per heavy atom. The van der Waals surface area contributed by atoms with Crippen LogP contribution >= 0.6 is 0 Å². The first-order valence-electron chi connectivity index (χ1n) is 16.7. The second-order valence-electron chi connectivity index (χ2n) is 11.5. The molecule has 260 valence electrons. The van der Waals surface area contributed by atoms with Gasteiger partial charge in [0.05, 0.1) is 11.1 Å². The third-order valence-electron chi connectivity index (χ3n) is 7.65. The average Bonchev–Trinajstić information content (AvgIpc) is 3.07. The molecular formula is C38H45F3O7. The number of esters is 3. The summed E-state index contributed by atoms with van der Waals surface area (Å²) in [5.41, 5.74) is 1.86. The highest BCUT2D eigenvalue weighted by atomic mass is 19.4. The molecule has 0 aromatic heterocycles. The van der Waals surface area contributed by atoms with Crippen LogP contribution in [0.1, 0.15) is 105 Å². The van der Waals surface area contributed by atoms with E-state index in [0.29, 0.717) is 18.8 Å². The van der Waals surface area contributed by atoms with Gasteiger partial charge in [-0.05, 0) is 85.8 Å². The van der Waals surface area contributed by atoms with Crippen molar-refractivity contribution in [2.75, 3.05) is 13.2 Å². The second kappa shape index (κ2) is 20.2. The van der Waals surface area contributed by atoms with Crippen molar-refractivity contribution in [1.82, 2.24) is 0 Å². The molecule has 0 bridgehead atoms. The molecule has 0 aliphatic carbocycles.